The van der Waals surface area contributed by atoms with E-state index in [0.29, 0.717) is 35.1 Å². The van der Waals surface area contributed by atoms with Gasteiger partial charge in [-0.05, 0) is 55.7 Å². The molecular formula is C23H35N3O3. The van der Waals surface area contributed by atoms with Crippen LogP contribution in [0.2, 0.25) is 0 Å². The van der Waals surface area contributed by atoms with Crippen molar-refractivity contribution in [1.82, 2.24) is 5.32 Å². The number of methoxy groups -OCH3 is 1. The minimum atomic E-state index is -0.428. The summed E-state index contributed by atoms with van der Waals surface area (Å²) >= 11 is 0. The van der Waals surface area contributed by atoms with Gasteiger partial charge in [0.1, 0.15) is 5.75 Å². The van der Waals surface area contributed by atoms with Crippen molar-refractivity contribution in [3.05, 3.63) is 23.8 Å². The lowest BCUT2D eigenvalue weighted by Crippen LogP contribution is -2.44. The molecule has 0 heterocycles. The molecule has 0 radical (unpaired) electrons. The number of aliphatic imine (C=N–C) groups is 1. The molecule has 2 fully saturated rings. The zero-order chi connectivity index (χ0) is 20.6. The van der Waals surface area contributed by atoms with E-state index < -0.39 is 5.97 Å². The van der Waals surface area contributed by atoms with Crippen LogP contribution in [-0.2, 0) is 4.74 Å². The van der Waals surface area contributed by atoms with Crippen LogP contribution in [0.3, 0.4) is 0 Å². The summed E-state index contributed by atoms with van der Waals surface area (Å²) in [6, 6.07) is 5.05. The standard InChI is InChI=1S/C23H35N3O3/c1-16-8-6-7-11-19(16)25-23(24-15-17-9-4-3-5-10-17)26-20-14-18(22(28)29-2)12-13-21(20)27/h12-14,16-17,19,27H,3-11,15H2,1-2H3,(H2,24,25,26). The highest BCUT2D eigenvalue weighted by molar-refractivity contribution is 5.97. The van der Waals surface area contributed by atoms with Gasteiger partial charge in [0.05, 0.1) is 18.4 Å². The predicted octanol–water partition coefficient (Wildman–Crippen LogP) is 4.70. The van der Waals surface area contributed by atoms with E-state index in [4.69, 9.17) is 9.73 Å². The van der Waals surface area contributed by atoms with Crippen molar-refractivity contribution in [2.45, 2.75) is 70.8 Å². The molecule has 0 aliphatic heterocycles. The quantitative estimate of drug-likeness (QED) is 0.288. The Balaban J connectivity index is 1.77. The second-order valence-corrected chi connectivity index (χ2v) is 8.55. The van der Waals surface area contributed by atoms with Crippen LogP contribution >= 0.6 is 0 Å². The number of carbonyl (C=O) groups is 1. The number of ether oxygens (including phenoxy) is 1. The van der Waals surface area contributed by atoms with Crippen molar-refractivity contribution in [3.63, 3.8) is 0 Å². The van der Waals surface area contributed by atoms with Gasteiger partial charge in [-0.15, -0.1) is 0 Å². The van der Waals surface area contributed by atoms with Gasteiger partial charge in [-0.2, -0.15) is 0 Å². The molecule has 2 aliphatic carbocycles. The molecule has 6 heteroatoms. The maximum Gasteiger partial charge on any atom is 0.337 e. The average Bonchev–Trinajstić information content (AvgIpc) is 2.75. The molecule has 2 aliphatic rings. The second kappa shape index (κ2) is 10.5. The number of nitrogens with one attached hydrogen (secondary N) is 2. The summed E-state index contributed by atoms with van der Waals surface area (Å²) in [4.78, 5) is 16.8. The predicted molar refractivity (Wildman–Crippen MR) is 117 cm³/mol. The molecule has 2 saturated carbocycles. The van der Waals surface area contributed by atoms with E-state index in [-0.39, 0.29) is 5.75 Å². The van der Waals surface area contributed by atoms with Crippen LogP contribution in [0.15, 0.2) is 23.2 Å². The Labute approximate surface area is 174 Å². The zero-order valence-corrected chi connectivity index (χ0v) is 17.7. The number of hydrogen-bond acceptors (Lipinski definition) is 4. The van der Waals surface area contributed by atoms with E-state index >= 15 is 0 Å². The number of phenols is 1. The third-order valence-electron chi connectivity index (χ3n) is 6.34. The number of aromatic hydroxyl groups is 1. The molecule has 0 spiro atoms. The van der Waals surface area contributed by atoms with Gasteiger partial charge in [-0.3, -0.25) is 4.99 Å². The Bertz CT molecular complexity index is 713. The normalized spacial score (nSPS) is 23.4. The number of guanidine groups is 1. The van der Waals surface area contributed by atoms with Crippen LogP contribution in [0.25, 0.3) is 0 Å². The van der Waals surface area contributed by atoms with Gasteiger partial charge < -0.3 is 20.5 Å². The van der Waals surface area contributed by atoms with Gasteiger partial charge in [-0.25, -0.2) is 4.79 Å². The van der Waals surface area contributed by atoms with E-state index in [1.165, 1.54) is 64.5 Å². The summed E-state index contributed by atoms with van der Waals surface area (Å²) in [6.07, 6.45) is 11.2. The monoisotopic (exact) mass is 401 g/mol. The smallest absolute Gasteiger partial charge is 0.337 e. The fourth-order valence-electron chi connectivity index (χ4n) is 4.43. The Morgan fingerprint density at radius 2 is 1.86 bits per heavy atom. The van der Waals surface area contributed by atoms with E-state index in [9.17, 15) is 9.90 Å². The van der Waals surface area contributed by atoms with Gasteiger partial charge >= 0.3 is 5.97 Å². The number of anilines is 1. The fraction of sp³-hybridized carbons (Fsp3) is 0.652. The molecular weight excluding hydrogens is 366 g/mol. The van der Waals surface area contributed by atoms with Crippen molar-refractivity contribution in [2.75, 3.05) is 19.0 Å². The fourth-order valence-corrected chi connectivity index (χ4v) is 4.43. The van der Waals surface area contributed by atoms with Gasteiger partial charge in [-0.1, -0.05) is 39.0 Å². The van der Waals surface area contributed by atoms with Gasteiger partial charge in [0.15, 0.2) is 5.96 Å². The lowest BCUT2D eigenvalue weighted by atomic mass is 9.86. The van der Waals surface area contributed by atoms with Gasteiger partial charge in [0.2, 0.25) is 0 Å². The summed E-state index contributed by atoms with van der Waals surface area (Å²) in [5, 5.41) is 17.2. The number of rotatable bonds is 5. The maximum atomic E-state index is 11.9. The van der Waals surface area contributed by atoms with Crippen LogP contribution in [-0.4, -0.2) is 36.7 Å². The van der Waals surface area contributed by atoms with Crippen LogP contribution < -0.4 is 10.6 Å². The number of hydrogen-bond donors (Lipinski definition) is 3. The van der Waals surface area contributed by atoms with E-state index in [0.717, 1.165) is 13.0 Å². The summed E-state index contributed by atoms with van der Waals surface area (Å²) in [7, 11) is 1.35. The van der Waals surface area contributed by atoms with Crippen LogP contribution in [0.1, 0.15) is 75.1 Å². The molecule has 0 saturated heterocycles. The third-order valence-corrected chi connectivity index (χ3v) is 6.34. The lowest BCUT2D eigenvalue weighted by Gasteiger charge is -2.31. The molecule has 3 N–H and O–H groups in total. The van der Waals surface area contributed by atoms with Crippen molar-refractivity contribution in [2.24, 2.45) is 16.8 Å². The Morgan fingerprint density at radius 3 is 2.59 bits per heavy atom. The molecule has 6 nitrogen and oxygen atoms in total. The highest BCUT2D eigenvalue weighted by Gasteiger charge is 2.23. The molecule has 2 unspecified atom stereocenters. The highest BCUT2D eigenvalue weighted by Crippen LogP contribution is 2.27. The van der Waals surface area contributed by atoms with Crippen LogP contribution in [0.5, 0.6) is 5.75 Å². The molecule has 29 heavy (non-hydrogen) atoms. The molecule has 0 bridgehead atoms. The summed E-state index contributed by atoms with van der Waals surface area (Å²) in [5.41, 5.74) is 0.858. The molecule has 1 aromatic rings. The zero-order valence-electron chi connectivity index (χ0n) is 17.7. The summed E-state index contributed by atoms with van der Waals surface area (Å²) in [5.74, 6) is 1.55. The first-order chi connectivity index (χ1) is 14.1. The van der Waals surface area contributed by atoms with Crippen molar-refractivity contribution in [3.8, 4) is 5.75 Å². The van der Waals surface area contributed by atoms with Gasteiger partial charge in [0, 0.05) is 12.6 Å². The second-order valence-electron chi connectivity index (χ2n) is 8.55. The Morgan fingerprint density at radius 1 is 1.14 bits per heavy atom. The first-order valence-electron chi connectivity index (χ1n) is 11.1. The lowest BCUT2D eigenvalue weighted by molar-refractivity contribution is 0.0601. The molecule has 1 aromatic carbocycles. The largest absolute Gasteiger partial charge is 0.506 e. The first kappa shape index (κ1) is 21.5. The Kier molecular flexibility index (Phi) is 7.78. The summed E-state index contributed by atoms with van der Waals surface area (Å²) in [6.45, 7) is 3.07. The molecule has 160 valence electrons. The number of carbonyl (C=O) groups excluding carboxylic acids is 1. The van der Waals surface area contributed by atoms with E-state index in [1.807, 2.05) is 0 Å². The number of esters is 1. The topological polar surface area (TPSA) is 83.0 Å². The highest BCUT2D eigenvalue weighted by atomic mass is 16.5. The van der Waals surface area contributed by atoms with E-state index in [2.05, 4.69) is 17.6 Å². The molecule has 3 rings (SSSR count). The molecule has 0 amide bonds. The first-order valence-corrected chi connectivity index (χ1v) is 11.1. The average molecular weight is 402 g/mol. The molecule has 0 aromatic heterocycles. The van der Waals surface area contributed by atoms with Crippen molar-refractivity contribution in [1.29, 1.82) is 0 Å². The van der Waals surface area contributed by atoms with Crippen molar-refractivity contribution < 1.29 is 14.6 Å². The summed E-state index contributed by atoms with van der Waals surface area (Å²) < 4.78 is 4.80. The minimum absolute atomic E-state index is 0.0847. The SMILES string of the molecule is COC(=O)c1ccc(O)c(NC(=NCC2CCCCC2)NC2CCCCC2C)c1. The number of nitrogens with zero attached hydrogens (tertiary/aromatic N) is 1. The van der Waals surface area contributed by atoms with Crippen molar-refractivity contribution >= 4 is 17.6 Å². The Hall–Kier alpha value is -2.24. The number of benzene rings is 1. The van der Waals surface area contributed by atoms with E-state index in [1.54, 1.807) is 12.1 Å². The third kappa shape index (κ3) is 6.12. The van der Waals surface area contributed by atoms with Crippen LogP contribution in [0.4, 0.5) is 5.69 Å². The van der Waals surface area contributed by atoms with Gasteiger partial charge in [0.25, 0.3) is 0 Å². The van der Waals surface area contributed by atoms with Crippen LogP contribution in [0, 0.1) is 11.8 Å². The number of phenolic OH excluding ortho intramolecular Hbond substituents is 1. The molecule has 2 atom stereocenters. The minimum Gasteiger partial charge on any atom is -0.506 e. The maximum absolute atomic E-state index is 11.9.